The van der Waals surface area contributed by atoms with E-state index in [0.717, 1.165) is 0 Å². The van der Waals surface area contributed by atoms with Crippen LogP contribution in [0, 0.1) is 0 Å². The smallest absolute Gasteiger partial charge is 0.396 e. The molecule has 0 aromatic heterocycles. The third-order valence-corrected chi connectivity index (χ3v) is 1.07. The summed E-state index contributed by atoms with van der Waals surface area (Å²) >= 11 is -0.216. The number of hydrogen-bond acceptors (Lipinski definition) is 2. The van der Waals surface area contributed by atoms with Crippen molar-refractivity contribution in [2.75, 3.05) is 12.4 Å². The molecule has 0 unspecified atom stereocenters. The molecule has 0 rings (SSSR count). The normalized spacial score (nSPS) is 12.0. The van der Waals surface area contributed by atoms with Gasteiger partial charge in [0.25, 0.3) is 0 Å². The number of halogens is 3. The van der Waals surface area contributed by atoms with Crippen molar-refractivity contribution in [3.63, 3.8) is 0 Å². The first-order valence-corrected chi connectivity index (χ1v) is 2.86. The van der Waals surface area contributed by atoms with Crippen LogP contribution in [0.5, 0.6) is 0 Å². The summed E-state index contributed by atoms with van der Waals surface area (Å²) in [6, 6.07) is 0. The van der Waals surface area contributed by atoms with Crippen LogP contribution in [0.4, 0.5) is 13.2 Å². The van der Waals surface area contributed by atoms with Crippen molar-refractivity contribution in [3.8, 4) is 0 Å². The summed E-state index contributed by atoms with van der Waals surface area (Å²) in [5.74, 6) is -0.274. The van der Waals surface area contributed by atoms with E-state index in [-0.39, 0.29) is 17.5 Å². The monoisotopic (exact) mass is 146 g/mol. The fourth-order valence-corrected chi connectivity index (χ4v) is 0.484. The molecule has 1 nitrogen and oxygen atoms in total. The van der Waals surface area contributed by atoms with E-state index in [1.54, 1.807) is 0 Å². The fraction of sp³-hybridized carbons (Fsp3) is 1.00. The molecule has 0 radical (unpaired) electrons. The van der Waals surface area contributed by atoms with E-state index < -0.39 is 12.1 Å². The van der Waals surface area contributed by atoms with Gasteiger partial charge in [-0.1, -0.05) is 0 Å². The molecule has 0 aliphatic heterocycles. The van der Waals surface area contributed by atoms with E-state index >= 15 is 0 Å². The molecule has 5 heteroatoms. The van der Waals surface area contributed by atoms with Gasteiger partial charge in [-0.2, -0.15) is 13.2 Å². The SMILES string of the molecule is OCCSC(F)(F)F. The van der Waals surface area contributed by atoms with Gasteiger partial charge in [-0.15, -0.1) is 0 Å². The van der Waals surface area contributed by atoms with Crippen molar-refractivity contribution < 1.29 is 18.3 Å². The topological polar surface area (TPSA) is 20.2 Å². The molecule has 0 aromatic carbocycles. The molecule has 0 atom stereocenters. The summed E-state index contributed by atoms with van der Waals surface area (Å²) in [6.07, 6.45) is 0. The van der Waals surface area contributed by atoms with Crippen LogP contribution in [0.3, 0.4) is 0 Å². The standard InChI is InChI=1S/C3H5F3OS/c4-3(5,6)8-2-1-7/h7H,1-2H2. The van der Waals surface area contributed by atoms with E-state index in [4.69, 9.17) is 5.11 Å². The van der Waals surface area contributed by atoms with E-state index in [2.05, 4.69) is 0 Å². The van der Waals surface area contributed by atoms with E-state index in [0.29, 0.717) is 0 Å². The Labute approximate surface area is 48.9 Å². The number of aliphatic hydroxyl groups is 1. The summed E-state index contributed by atoms with van der Waals surface area (Å²) in [5.41, 5.74) is -4.19. The maximum absolute atomic E-state index is 11.1. The molecule has 1 N–H and O–H groups in total. The van der Waals surface area contributed by atoms with E-state index in [9.17, 15) is 13.2 Å². The highest BCUT2D eigenvalue weighted by Gasteiger charge is 2.26. The molecule has 0 spiro atoms. The number of aliphatic hydroxyl groups excluding tert-OH is 1. The van der Waals surface area contributed by atoms with Gasteiger partial charge in [0.05, 0.1) is 6.61 Å². The first kappa shape index (κ1) is 8.10. The van der Waals surface area contributed by atoms with Gasteiger partial charge in [0.1, 0.15) is 0 Å². The molecule has 8 heavy (non-hydrogen) atoms. The Bertz CT molecular complexity index is 62.0. The third kappa shape index (κ3) is 6.10. The molecule has 0 aliphatic carbocycles. The average molecular weight is 146 g/mol. The third-order valence-electron chi connectivity index (χ3n) is 0.357. The Balaban J connectivity index is 3.11. The van der Waals surface area contributed by atoms with Gasteiger partial charge in [0.2, 0.25) is 0 Å². The summed E-state index contributed by atoms with van der Waals surface area (Å²) in [4.78, 5) is 0. The first-order chi connectivity index (χ1) is 3.56. The summed E-state index contributed by atoms with van der Waals surface area (Å²) in [6.45, 7) is -0.426. The lowest BCUT2D eigenvalue weighted by molar-refractivity contribution is -0.0329. The van der Waals surface area contributed by atoms with Crippen LogP contribution in [-0.4, -0.2) is 23.0 Å². The highest BCUT2D eigenvalue weighted by Crippen LogP contribution is 2.29. The van der Waals surface area contributed by atoms with E-state index in [1.807, 2.05) is 0 Å². The average Bonchev–Trinajstić information content (AvgIpc) is 1.59. The zero-order chi connectivity index (χ0) is 6.62. The predicted octanol–water partition coefficient (Wildman–Crippen LogP) is 1.23. The van der Waals surface area contributed by atoms with Crippen LogP contribution >= 0.6 is 11.8 Å². The minimum absolute atomic E-state index is 0.216. The van der Waals surface area contributed by atoms with Crippen LogP contribution in [0.25, 0.3) is 0 Å². The van der Waals surface area contributed by atoms with Crippen LogP contribution in [0.15, 0.2) is 0 Å². The molecule has 0 saturated carbocycles. The summed E-state index contributed by atoms with van der Waals surface area (Å²) < 4.78 is 33.3. The maximum Gasteiger partial charge on any atom is 0.441 e. The van der Waals surface area contributed by atoms with Gasteiger partial charge in [0, 0.05) is 5.75 Å². The van der Waals surface area contributed by atoms with Crippen molar-refractivity contribution in [1.29, 1.82) is 0 Å². The Hall–Kier alpha value is 0.100. The molecule has 50 valence electrons. The van der Waals surface area contributed by atoms with Gasteiger partial charge < -0.3 is 5.11 Å². The van der Waals surface area contributed by atoms with Gasteiger partial charge in [-0.25, -0.2) is 0 Å². The zero-order valence-electron chi connectivity index (χ0n) is 3.90. The Morgan fingerprint density at radius 3 is 2.00 bits per heavy atom. The largest absolute Gasteiger partial charge is 0.441 e. The van der Waals surface area contributed by atoms with Crippen molar-refractivity contribution in [2.24, 2.45) is 0 Å². The van der Waals surface area contributed by atoms with Gasteiger partial charge in [0.15, 0.2) is 0 Å². The minimum atomic E-state index is -4.19. The summed E-state index contributed by atoms with van der Waals surface area (Å²) in [5, 5.41) is 7.91. The van der Waals surface area contributed by atoms with Crippen molar-refractivity contribution in [2.45, 2.75) is 5.51 Å². The lowest BCUT2D eigenvalue weighted by Gasteiger charge is -2.01. The second-order valence-electron chi connectivity index (χ2n) is 1.02. The molecular formula is C3H5F3OS. The minimum Gasteiger partial charge on any atom is -0.396 e. The van der Waals surface area contributed by atoms with Gasteiger partial charge >= 0.3 is 5.51 Å². The molecular weight excluding hydrogens is 141 g/mol. The molecule has 0 heterocycles. The predicted molar refractivity (Wildman–Crippen MR) is 25.6 cm³/mol. The number of rotatable bonds is 2. The molecule has 0 bridgehead atoms. The highest BCUT2D eigenvalue weighted by atomic mass is 32.2. The fourth-order valence-electron chi connectivity index (χ4n) is 0.161. The maximum atomic E-state index is 11.1. The molecule has 0 saturated heterocycles. The van der Waals surface area contributed by atoms with Crippen molar-refractivity contribution in [1.82, 2.24) is 0 Å². The van der Waals surface area contributed by atoms with Crippen molar-refractivity contribution in [3.05, 3.63) is 0 Å². The van der Waals surface area contributed by atoms with Gasteiger partial charge in [-0.3, -0.25) is 0 Å². The second kappa shape index (κ2) is 3.19. The van der Waals surface area contributed by atoms with Crippen molar-refractivity contribution >= 4 is 11.8 Å². The number of alkyl halides is 3. The van der Waals surface area contributed by atoms with Gasteiger partial charge in [-0.05, 0) is 11.8 Å². The Kier molecular flexibility index (Phi) is 3.23. The van der Waals surface area contributed by atoms with E-state index in [1.165, 1.54) is 0 Å². The zero-order valence-corrected chi connectivity index (χ0v) is 4.72. The number of hydrogen-bond donors (Lipinski definition) is 1. The molecule has 0 amide bonds. The second-order valence-corrected chi connectivity index (χ2v) is 2.18. The van der Waals surface area contributed by atoms with Crippen LogP contribution < -0.4 is 0 Å². The Morgan fingerprint density at radius 1 is 1.38 bits per heavy atom. The molecule has 0 aliphatic rings. The lowest BCUT2D eigenvalue weighted by Crippen LogP contribution is -2.02. The van der Waals surface area contributed by atoms with Crippen LogP contribution in [0.1, 0.15) is 0 Å². The molecule has 0 aromatic rings. The lowest BCUT2D eigenvalue weighted by atomic mass is 10.9. The Morgan fingerprint density at radius 2 is 1.88 bits per heavy atom. The van der Waals surface area contributed by atoms with Crippen LogP contribution in [-0.2, 0) is 0 Å². The number of thioether (sulfide) groups is 1. The van der Waals surface area contributed by atoms with Crippen LogP contribution in [0.2, 0.25) is 0 Å². The highest BCUT2D eigenvalue weighted by molar-refractivity contribution is 8.00. The molecule has 0 fully saturated rings. The quantitative estimate of drug-likeness (QED) is 0.632. The summed E-state index contributed by atoms with van der Waals surface area (Å²) in [7, 11) is 0. The first-order valence-electron chi connectivity index (χ1n) is 1.88.